The molecule has 1 fully saturated rings. The lowest BCUT2D eigenvalue weighted by Gasteiger charge is -2.26. The van der Waals surface area contributed by atoms with Gasteiger partial charge in [0.05, 0.1) is 0 Å². The van der Waals surface area contributed by atoms with E-state index in [9.17, 15) is 0 Å². The number of pyridine rings is 1. The number of rotatable bonds is 3. The molecule has 0 spiro atoms. The third-order valence-electron chi connectivity index (χ3n) is 4.68. The number of benzene rings is 1. The summed E-state index contributed by atoms with van der Waals surface area (Å²) in [5, 5.41) is 3.45. The van der Waals surface area contributed by atoms with Gasteiger partial charge >= 0.3 is 0 Å². The van der Waals surface area contributed by atoms with Gasteiger partial charge in [0.2, 0.25) is 0 Å². The maximum absolute atomic E-state index is 4.89. The van der Waals surface area contributed by atoms with Crippen molar-refractivity contribution in [3.05, 3.63) is 59.5 Å². The van der Waals surface area contributed by atoms with Crippen molar-refractivity contribution in [1.29, 1.82) is 0 Å². The van der Waals surface area contributed by atoms with E-state index in [-0.39, 0.29) is 0 Å². The van der Waals surface area contributed by atoms with Crippen molar-refractivity contribution < 1.29 is 0 Å². The molecule has 2 aromatic heterocycles. The summed E-state index contributed by atoms with van der Waals surface area (Å²) in [4.78, 5) is 9.50. The van der Waals surface area contributed by atoms with E-state index < -0.39 is 0 Å². The van der Waals surface area contributed by atoms with Gasteiger partial charge in [0.1, 0.15) is 11.3 Å². The number of fused-ring (bicyclic) bond motifs is 1. The Balaban J connectivity index is 1.76. The van der Waals surface area contributed by atoms with Gasteiger partial charge in [0, 0.05) is 18.7 Å². The highest BCUT2D eigenvalue weighted by Crippen LogP contribution is 2.27. The molecule has 0 atom stereocenters. The largest absolute Gasteiger partial charge is 0.317 e. The maximum atomic E-state index is 4.89. The van der Waals surface area contributed by atoms with Crippen molar-refractivity contribution in [1.82, 2.24) is 19.9 Å². The topological polar surface area (TPSA) is 42.7 Å². The molecule has 4 rings (SSSR count). The summed E-state index contributed by atoms with van der Waals surface area (Å²) in [6.45, 7) is 4.26. The molecule has 0 amide bonds. The molecule has 1 saturated heterocycles. The molecule has 4 heteroatoms. The number of nitrogens with zero attached hydrogens (tertiary/aromatic N) is 3. The van der Waals surface area contributed by atoms with Crippen molar-refractivity contribution in [3.8, 4) is 0 Å². The third kappa shape index (κ3) is 2.86. The normalized spacial score (nSPS) is 16.0. The molecule has 1 aliphatic heterocycles. The molecular weight excluding hydrogens is 284 g/mol. The van der Waals surface area contributed by atoms with Gasteiger partial charge in [-0.3, -0.25) is 0 Å². The lowest BCUT2D eigenvalue weighted by molar-refractivity contribution is 0.367. The molecule has 4 nitrogen and oxygen atoms in total. The molecule has 118 valence electrons. The number of imidazole rings is 1. The zero-order valence-corrected chi connectivity index (χ0v) is 13.5. The van der Waals surface area contributed by atoms with Gasteiger partial charge in [-0.15, -0.1) is 0 Å². The zero-order valence-electron chi connectivity index (χ0n) is 13.5. The van der Waals surface area contributed by atoms with Crippen LogP contribution in [0.5, 0.6) is 0 Å². The Kier molecular flexibility index (Phi) is 3.83. The Hall–Kier alpha value is -2.20. The molecule has 1 aromatic carbocycles. The monoisotopic (exact) mass is 306 g/mol. The van der Waals surface area contributed by atoms with Crippen LogP contribution in [0.3, 0.4) is 0 Å². The summed E-state index contributed by atoms with van der Waals surface area (Å²) in [7, 11) is 0. The summed E-state index contributed by atoms with van der Waals surface area (Å²) in [5.41, 5.74) is 4.64. The Labute approximate surface area is 136 Å². The lowest BCUT2D eigenvalue weighted by Crippen LogP contribution is -2.30. The average molecular weight is 306 g/mol. The van der Waals surface area contributed by atoms with Crippen molar-refractivity contribution >= 4 is 11.2 Å². The highest BCUT2D eigenvalue weighted by atomic mass is 15.2. The number of piperidine rings is 1. The zero-order chi connectivity index (χ0) is 15.6. The minimum absolute atomic E-state index is 0.497. The highest BCUT2D eigenvalue weighted by molar-refractivity contribution is 5.71. The second kappa shape index (κ2) is 6.13. The number of nitrogens with one attached hydrogen (secondary N) is 1. The molecule has 23 heavy (non-hydrogen) atoms. The number of aryl methyl sites for hydroxylation is 1. The van der Waals surface area contributed by atoms with Crippen LogP contribution in [0, 0.1) is 6.92 Å². The van der Waals surface area contributed by atoms with Gasteiger partial charge in [0.15, 0.2) is 5.65 Å². The Morgan fingerprint density at radius 1 is 1.13 bits per heavy atom. The van der Waals surface area contributed by atoms with E-state index in [0.717, 1.165) is 49.3 Å². The fourth-order valence-corrected chi connectivity index (χ4v) is 3.44. The smallest absolute Gasteiger partial charge is 0.160 e. The molecule has 0 saturated carbocycles. The molecule has 3 aromatic rings. The van der Waals surface area contributed by atoms with Crippen LogP contribution in [0.25, 0.3) is 11.2 Å². The fraction of sp³-hybridized carbons (Fsp3) is 0.368. The number of hydrogen-bond acceptors (Lipinski definition) is 3. The van der Waals surface area contributed by atoms with Gasteiger partial charge in [0.25, 0.3) is 0 Å². The molecule has 0 radical (unpaired) electrons. The van der Waals surface area contributed by atoms with E-state index in [0.29, 0.717) is 6.04 Å². The van der Waals surface area contributed by atoms with Gasteiger partial charge in [-0.25, -0.2) is 9.97 Å². The van der Waals surface area contributed by atoms with Gasteiger partial charge in [-0.2, -0.15) is 0 Å². The van der Waals surface area contributed by atoms with E-state index >= 15 is 0 Å². The van der Waals surface area contributed by atoms with E-state index in [2.05, 4.69) is 52.1 Å². The van der Waals surface area contributed by atoms with E-state index in [1.54, 1.807) is 0 Å². The molecular formula is C19H22N4. The second-order valence-electron chi connectivity index (χ2n) is 6.39. The first-order valence-corrected chi connectivity index (χ1v) is 8.39. The predicted molar refractivity (Wildman–Crippen MR) is 92.7 cm³/mol. The molecule has 3 heterocycles. The Morgan fingerprint density at radius 2 is 1.91 bits per heavy atom. The Bertz CT molecular complexity index is 798. The summed E-state index contributed by atoms with van der Waals surface area (Å²) >= 11 is 0. The summed E-state index contributed by atoms with van der Waals surface area (Å²) in [6.07, 6.45) is 5.02. The average Bonchev–Trinajstić information content (AvgIpc) is 2.95. The highest BCUT2D eigenvalue weighted by Gasteiger charge is 2.21. The van der Waals surface area contributed by atoms with Crippen molar-refractivity contribution in [2.75, 3.05) is 13.1 Å². The standard InChI is InChI=1S/C19H22N4/c1-14-4-6-15(7-5-14)13-18-22-17-3-2-10-21-19(17)23(18)16-8-11-20-12-9-16/h2-7,10,16,20H,8-9,11-13H2,1H3. The van der Waals surface area contributed by atoms with Crippen LogP contribution >= 0.6 is 0 Å². The van der Waals surface area contributed by atoms with Crippen LogP contribution in [-0.2, 0) is 6.42 Å². The van der Waals surface area contributed by atoms with Gasteiger partial charge in [-0.1, -0.05) is 29.8 Å². The van der Waals surface area contributed by atoms with Crippen LogP contribution in [0.15, 0.2) is 42.6 Å². The summed E-state index contributed by atoms with van der Waals surface area (Å²) in [6, 6.07) is 13.3. The molecule has 0 unspecified atom stereocenters. The number of hydrogen-bond donors (Lipinski definition) is 1. The van der Waals surface area contributed by atoms with E-state index in [1.807, 2.05) is 12.3 Å². The van der Waals surface area contributed by atoms with Crippen LogP contribution < -0.4 is 5.32 Å². The maximum Gasteiger partial charge on any atom is 0.160 e. The second-order valence-corrected chi connectivity index (χ2v) is 6.39. The first-order chi connectivity index (χ1) is 11.3. The Morgan fingerprint density at radius 3 is 2.70 bits per heavy atom. The van der Waals surface area contributed by atoms with E-state index in [4.69, 9.17) is 4.98 Å². The first kappa shape index (κ1) is 14.4. The first-order valence-electron chi connectivity index (χ1n) is 8.39. The van der Waals surface area contributed by atoms with E-state index in [1.165, 1.54) is 11.1 Å². The van der Waals surface area contributed by atoms with Crippen molar-refractivity contribution in [2.45, 2.75) is 32.2 Å². The molecule has 0 aliphatic carbocycles. The molecule has 0 bridgehead atoms. The molecule has 1 N–H and O–H groups in total. The van der Waals surface area contributed by atoms with Crippen LogP contribution in [0.1, 0.15) is 35.8 Å². The fourth-order valence-electron chi connectivity index (χ4n) is 3.44. The van der Waals surface area contributed by atoms with Gasteiger partial charge in [-0.05, 0) is 50.6 Å². The third-order valence-corrected chi connectivity index (χ3v) is 4.68. The summed E-state index contributed by atoms with van der Waals surface area (Å²) in [5.74, 6) is 1.13. The minimum Gasteiger partial charge on any atom is -0.317 e. The minimum atomic E-state index is 0.497. The van der Waals surface area contributed by atoms with Crippen molar-refractivity contribution in [3.63, 3.8) is 0 Å². The van der Waals surface area contributed by atoms with Crippen LogP contribution in [0.2, 0.25) is 0 Å². The van der Waals surface area contributed by atoms with Crippen molar-refractivity contribution in [2.24, 2.45) is 0 Å². The SMILES string of the molecule is Cc1ccc(Cc2nc3cccnc3n2C2CCNCC2)cc1. The molecule has 1 aliphatic rings. The summed E-state index contributed by atoms with van der Waals surface area (Å²) < 4.78 is 2.38. The number of aromatic nitrogens is 3. The lowest BCUT2D eigenvalue weighted by atomic mass is 10.1. The predicted octanol–water partition coefficient (Wildman–Crippen LogP) is 3.26. The van der Waals surface area contributed by atoms with Crippen LogP contribution in [-0.4, -0.2) is 27.6 Å². The van der Waals surface area contributed by atoms with Crippen LogP contribution in [0.4, 0.5) is 0 Å². The van der Waals surface area contributed by atoms with Gasteiger partial charge < -0.3 is 9.88 Å². The quantitative estimate of drug-likeness (QED) is 0.807.